The lowest BCUT2D eigenvalue weighted by Gasteiger charge is -2.09. The van der Waals surface area contributed by atoms with Crippen molar-refractivity contribution in [3.8, 4) is 0 Å². The maximum Gasteiger partial charge on any atom is 0.244 e. The zero-order chi connectivity index (χ0) is 17.4. The summed E-state index contributed by atoms with van der Waals surface area (Å²) >= 11 is 3.37. The molecule has 0 saturated carbocycles. The SMILES string of the molecule is CCc1ccccc1NC(=O)CNC(=O)/C=C/c1cccc(Br)c1. The van der Waals surface area contributed by atoms with Crippen molar-refractivity contribution >= 4 is 39.5 Å². The first-order chi connectivity index (χ1) is 11.6. The lowest BCUT2D eigenvalue weighted by atomic mass is 10.1. The molecule has 0 aliphatic carbocycles. The number of carbonyl (C=O) groups is 2. The predicted octanol–water partition coefficient (Wildman–Crippen LogP) is 3.78. The van der Waals surface area contributed by atoms with E-state index in [2.05, 4.69) is 26.6 Å². The van der Waals surface area contributed by atoms with Crippen LogP contribution in [0.15, 0.2) is 59.1 Å². The number of hydrogen-bond acceptors (Lipinski definition) is 2. The van der Waals surface area contributed by atoms with Crippen LogP contribution in [0.2, 0.25) is 0 Å². The van der Waals surface area contributed by atoms with Crippen LogP contribution in [0, 0.1) is 0 Å². The summed E-state index contributed by atoms with van der Waals surface area (Å²) in [7, 11) is 0. The number of benzene rings is 2. The molecule has 2 aromatic carbocycles. The van der Waals surface area contributed by atoms with Crippen LogP contribution >= 0.6 is 15.9 Å². The molecule has 0 atom stereocenters. The van der Waals surface area contributed by atoms with Crippen LogP contribution in [0.25, 0.3) is 6.08 Å². The van der Waals surface area contributed by atoms with Crippen LogP contribution in [-0.4, -0.2) is 18.4 Å². The molecule has 2 rings (SSSR count). The predicted molar refractivity (Wildman–Crippen MR) is 101 cm³/mol. The van der Waals surface area contributed by atoms with E-state index in [9.17, 15) is 9.59 Å². The van der Waals surface area contributed by atoms with Gasteiger partial charge < -0.3 is 10.6 Å². The first-order valence-corrected chi connectivity index (χ1v) is 8.47. The topological polar surface area (TPSA) is 58.2 Å². The van der Waals surface area contributed by atoms with E-state index in [0.29, 0.717) is 0 Å². The number of carbonyl (C=O) groups excluding carboxylic acids is 2. The van der Waals surface area contributed by atoms with Crippen molar-refractivity contribution in [3.05, 3.63) is 70.2 Å². The highest BCUT2D eigenvalue weighted by Gasteiger charge is 2.06. The Morgan fingerprint density at radius 1 is 1.12 bits per heavy atom. The fourth-order valence-electron chi connectivity index (χ4n) is 2.15. The molecule has 0 aromatic heterocycles. The molecule has 0 bridgehead atoms. The second-order valence-corrected chi connectivity index (χ2v) is 6.08. The average Bonchev–Trinajstić information content (AvgIpc) is 2.58. The van der Waals surface area contributed by atoms with E-state index in [0.717, 1.165) is 27.7 Å². The summed E-state index contributed by atoms with van der Waals surface area (Å²) in [6.45, 7) is 1.96. The number of amides is 2. The van der Waals surface area contributed by atoms with Crippen LogP contribution in [0.4, 0.5) is 5.69 Å². The summed E-state index contributed by atoms with van der Waals surface area (Å²) in [5, 5.41) is 5.39. The third-order valence-corrected chi connectivity index (χ3v) is 3.86. The molecule has 0 unspecified atom stereocenters. The van der Waals surface area contributed by atoms with Gasteiger partial charge in [-0.2, -0.15) is 0 Å². The van der Waals surface area contributed by atoms with E-state index < -0.39 is 0 Å². The van der Waals surface area contributed by atoms with Gasteiger partial charge in [0.2, 0.25) is 11.8 Å². The summed E-state index contributed by atoms with van der Waals surface area (Å²) in [6.07, 6.45) is 3.94. The molecule has 0 fully saturated rings. The molecule has 124 valence electrons. The standard InChI is InChI=1S/C19H19BrN2O2/c1-2-15-7-3-4-9-17(15)22-19(24)13-21-18(23)11-10-14-6-5-8-16(20)12-14/h3-12H,2,13H2,1H3,(H,21,23)(H,22,24)/b11-10+. The number of nitrogens with one attached hydrogen (secondary N) is 2. The summed E-state index contributed by atoms with van der Waals surface area (Å²) in [4.78, 5) is 23.7. The molecule has 2 aromatic rings. The third kappa shape index (κ3) is 5.66. The van der Waals surface area contributed by atoms with E-state index >= 15 is 0 Å². The number of rotatable bonds is 6. The maximum absolute atomic E-state index is 11.9. The van der Waals surface area contributed by atoms with Crippen molar-refractivity contribution in [3.63, 3.8) is 0 Å². The molecule has 0 saturated heterocycles. The van der Waals surface area contributed by atoms with Crippen molar-refractivity contribution < 1.29 is 9.59 Å². The Balaban J connectivity index is 1.84. The van der Waals surface area contributed by atoms with Gasteiger partial charge in [0.25, 0.3) is 0 Å². The Kier molecular flexibility index (Phi) is 6.75. The van der Waals surface area contributed by atoms with Crippen LogP contribution in [0.3, 0.4) is 0 Å². The van der Waals surface area contributed by atoms with Gasteiger partial charge in [0.1, 0.15) is 0 Å². The van der Waals surface area contributed by atoms with Crippen molar-refractivity contribution in [1.82, 2.24) is 5.32 Å². The molecule has 0 aliphatic heterocycles. The molecule has 24 heavy (non-hydrogen) atoms. The fourth-order valence-corrected chi connectivity index (χ4v) is 2.57. The highest BCUT2D eigenvalue weighted by atomic mass is 79.9. The van der Waals surface area contributed by atoms with Gasteiger partial charge in [0.05, 0.1) is 6.54 Å². The Labute approximate surface area is 150 Å². The monoisotopic (exact) mass is 386 g/mol. The molecule has 0 heterocycles. The van der Waals surface area contributed by atoms with E-state index in [-0.39, 0.29) is 18.4 Å². The second kappa shape index (κ2) is 9.03. The van der Waals surface area contributed by atoms with E-state index in [1.54, 1.807) is 6.08 Å². The molecule has 0 radical (unpaired) electrons. The van der Waals surface area contributed by atoms with Crippen LogP contribution < -0.4 is 10.6 Å². The van der Waals surface area contributed by atoms with Crippen LogP contribution in [-0.2, 0) is 16.0 Å². The summed E-state index contributed by atoms with van der Waals surface area (Å²) in [6, 6.07) is 15.2. The minimum Gasteiger partial charge on any atom is -0.343 e. The number of aryl methyl sites for hydroxylation is 1. The van der Waals surface area contributed by atoms with Gasteiger partial charge in [-0.3, -0.25) is 9.59 Å². The van der Waals surface area contributed by atoms with Gasteiger partial charge >= 0.3 is 0 Å². The molecule has 5 heteroatoms. The van der Waals surface area contributed by atoms with Crippen molar-refractivity contribution in [2.24, 2.45) is 0 Å². The van der Waals surface area contributed by atoms with Gasteiger partial charge in [0, 0.05) is 16.2 Å². The van der Waals surface area contributed by atoms with Crippen LogP contribution in [0.1, 0.15) is 18.1 Å². The summed E-state index contributed by atoms with van der Waals surface area (Å²) in [5.74, 6) is -0.561. The lowest BCUT2D eigenvalue weighted by Crippen LogP contribution is -2.31. The normalized spacial score (nSPS) is 10.6. The first-order valence-electron chi connectivity index (χ1n) is 7.67. The zero-order valence-corrected chi connectivity index (χ0v) is 15.0. The van der Waals surface area contributed by atoms with Gasteiger partial charge in [0.15, 0.2) is 0 Å². The second-order valence-electron chi connectivity index (χ2n) is 5.17. The summed E-state index contributed by atoms with van der Waals surface area (Å²) < 4.78 is 0.944. The smallest absolute Gasteiger partial charge is 0.244 e. The van der Waals surface area contributed by atoms with Gasteiger partial charge in [-0.15, -0.1) is 0 Å². The van der Waals surface area contributed by atoms with Gasteiger partial charge in [-0.1, -0.05) is 53.2 Å². The number of hydrogen-bond donors (Lipinski definition) is 2. The van der Waals surface area contributed by atoms with Crippen molar-refractivity contribution in [1.29, 1.82) is 0 Å². The third-order valence-electron chi connectivity index (χ3n) is 3.37. The number of halogens is 1. The number of anilines is 1. The van der Waals surface area contributed by atoms with Crippen LogP contribution in [0.5, 0.6) is 0 Å². The Hall–Kier alpha value is -2.40. The Bertz CT molecular complexity index is 757. The molecule has 0 aliphatic rings. The van der Waals surface area contributed by atoms with Gasteiger partial charge in [-0.25, -0.2) is 0 Å². The Morgan fingerprint density at radius 3 is 2.67 bits per heavy atom. The Morgan fingerprint density at radius 2 is 1.92 bits per heavy atom. The zero-order valence-electron chi connectivity index (χ0n) is 13.4. The molecule has 2 amide bonds. The van der Waals surface area contributed by atoms with Crippen molar-refractivity contribution in [2.75, 3.05) is 11.9 Å². The highest BCUT2D eigenvalue weighted by molar-refractivity contribution is 9.10. The fraction of sp³-hybridized carbons (Fsp3) is 0.158. The minimum atomic E-state index is -0.311. The minimum absolute atomic E-state index is 0.0697. The quantitative estimate of drug-likeness (QED) is 0.742. The lowest BCUT2D eigenvalue weighted by molar-refractivity contribution is -0.121. The maximum atomic E-state index is 11.9. The first kappa shape index (κ1) is 17.9. The molecule has 4 nitrogen and oxygen atoms in total. The molecular weight excluding hydrogens is 368 g/mol. The molecular formula is C19H19BrN2O2. The van der Waals surface area contributed by atoms with Crippen molar-refractivity contribution in [2.45, 2.75) is 13.3 Å². The van der Waals surface area contributed by atoms with E-state index in [1.807, 2.05) is 55.5 Å². The largest absolute Gasteiger partial charge is 0.343 e. The van der Waals surface area contributed by atoms with E-state index in [1.165, 1.54) is 6.08 Å². The van der Waals surface area contributed by atoms with Gasteiger partial charge in [-0.05, 0) is 41.8 Å². The number of para-hydroxylation sites is 1. The molecule has 2 N–H and O–H groups in total. The molecule has 0 spiro atoms. The average molecular weight is 387 g/mol. The van der Waals surface area contributed by atoms with E-state index in [4.69, 9.17) is 0 Å². The highest BCUT2D eigenvalue weighted by Crippen LogP contribution is 2.15. The summed E-state index contributed by atoms with van der Waals surface area (Å²) in [5.41, 5.74) is 2.75.